The molecular weight excluding hydrogens is 310 g/mol. The molecule has 3 nitrogen and oxygen atoms in total. The van der Waals surface area contributed by atoms with Crippen molar-refractivity contribution in [3.63, 3.8) is 0 Å². The molecule has 18 heavy (non-hydrogen) atoms. The van der Waals surface area contributed by atoms with Gasteiger partial charge >= 0.3 is 0 Å². The lowest BCUT2D eigenvalue weighted by Crippen LogP contribution is -2.26. The van der Waals surface area contributed by atoms with E-state index in [1.54, 1.807) is 29.8 Å². The number of hydrogen-bond acceptors (Lipinski definition) is 4. The molecule has 2 aromatic rings. The van der Waals surface area contributed by atoms with Gasteiger partial charge in [-0.05, 0) is 22.9 Å². The molecule has 0 saturated heterocycles. The molecule has 0 fully saturated rings. The molecule has 0 bridgehead atoms. The van der Waals surface area contributed by atoms with Crippen LogP contribution in [-0.4, -0.2) is 19.8 Å². The van der Waals surface area contributed by atoms with E-state index < -0.39 is 10.0 Å². The third kappa shape index (κ3) is 2.78. The second-order valence-electron chi connectivity index (χ2n) is 3.68. The molecule has 0 atom stereocenters. The highest BCUT2D eigenvalue weighted by Gasteiger charge is 2.24. The maximum Gasteiger partial charge on any atom is 0.244 e. The van der Waals surface area contributed by atoms with Crippen LogP contribution in [0.2, 0.25) is 0 Å². The number of halogens is 1. The average molecular weight is 322 g/mol. The van der Waals surface area contributed by atoms with E-state index in [1.165, 1.54) is 15.6 Å². The van der Waals surface area contributed by atoms with Gasteiger partial charge in [0.2, 0.25) is 10.0 Å². The summed E-state index contributed by atoms with van der Waals surface area (Å²) in [5, 5.41) is 3.69. The molecule has 0 aromatic carbocycles. The fraction of sp³-hybridized carbons (Fsp3) is 0.273. The van der Waals surface area contributed by atoms with Gasteiger partial charge in [0.15, 0.2) is 0 Å². The predicted octanol–water partition coefficient (Wildman–Crippen LogP) is 3.37. The summed E-state index contributed by atoms with van der Waals surface area (Å²) in [7, 11) is -1.86. The third-order valence-corrected chi connectivity index (χ3v) is 6.70. The van der Waals surface area contributed by atoms with E-state index in [1.807, 2.05) is 17.5 Å². The SMILES string of the molecule is CN(Cc1cccs1)S(=O)(=O)c1ccsc1CCl. The Morgan fingerprint density at radius 3 is 2.67 bits per heavy atom. The Kier molecular flexibility index (Phi) is 4.45. The number of nitrogens with zero attached hydrogens (tertiary/aromatic N) is 1. The molecule has 7 heteroatoms. The minimum Gasteiger partial charge on any atom is -0.207 e. The smallest absolute Gasteiger partial charge is 0.207 e. The van der Waals surface area contributed by atoms with Gasteiger partial charge in [-0.15, -0.1) is 34.3 Å². The molecule has 2 heterocycles. The maximum atomic E-state index is 12.4. The molecule has 2 rings (SSSR count). The summed E-state index contributed by atoms with van der Waals surface area (Å²) in [5.74, 6) is 0.221. The first kappa shape index (κ1) is 14.0. The van der Waals surface area contributed by atoms with Crippen molar-refractivity contribution in [2.45, 2.75) is 17.3 Å². The average Bonchev–Trinajstić information content (AvgIpc) is 2.98. The molecule has 98 valence electrons. The maximum absolute atomic E-state index is 12.4. The highest BCUT2D eigenvalue weighted by molar-refractivity contribution is 7.89. The molecular formula is C11H12ClNO2S3. The number of sulfonamides is 1. The first-order chi connectivity index (χ1) is 8.55. The van der Waals surface area contributed by atoms with E-state index in [0.29, 0.717) is 16.3 Å². The van der Waals surface area contributed by atoms with Gasteiger partial charge in [-0.25, -0.2) is 8.42 Å². The van der Waals surface area contributed by atoms with Crippen LogP contribution >= 0.6 is 34.3 Å². The van der Waals surface area contributed by atoms with Gasteiger partial charge in [0.25, 0.3) is 0 Å². The minimum atomic E-state index is -3.45. The van der Waals surface area contributed by atoms with Crippen molar-refractivity contribution in [3.8, 4) is 0 Å². The molecule has 0 amide bonds. The number of hydrogen-bond donors (Lipinski definition) is 0. The van der Waals surface area contributed by atoms with Crippen LogP contribution in [0.25, 0.3) is 0 Å². The molecule has 0 aliphatic rings. The van der Waals surface area contributed by atoms with Crippen molar-refractivity contribution in [2.24, 2.45) is 0 Å². The second kappa shape index (κ2) is 5.71. The molecule has 0 aliphatic heterocycles. The Labute approximate surface area is 120 Å². The van der Waals surface area contributed by atoms with Crippen molar-refractivity contribution in [1.29, 1.82) is 0 Å². The summed E-state index contributed by atoms with van der Waals surface area (Å²) in [6.07, 6.45) is 0. The molecule has 2 aromatic heterocycles. The lowest BCUT2D eigenvalue weighted by atomic mass is 10.5. The van der Waals surface area contributed by atoms with Crippen molar-refractivity contribution in [2.75, 3.05) is 7.05 Å². The zero-order valence-corrected chi connectivity index (χ0v) is 12.9. The first-order valence-electron chi connectivity index (χ1n) is 5.16. The van der Waals surface area contributed by atoms with Gasteiger partial charge in [0.05, 0.1) is 10.8 Å². The van der Waals surface area contributed by atoms with E-state index in [4.69, 9.17) is 11.6 Å². The second-order valence-corrected chi connectivity index (χ2v) is 8.00. The van der Waals surface area contributed by atoms with E-state index in [9.17, 15) is 8.42 Å². The van der Waals surface area contributed by atoms with Crippen LogP contribution in [-0.2, 0) is 22.4 Å². The molecule has 0 saturated carbocycles. The Bertz CT molecular complexity index is 604. The lowest BCUT2D eigenvalue weighted by Gasteiger charge is -2.16. The molecule has 0 spiro atoms. The van der Waals surface area contributed by atoms with Crippen molar-refractivity contribution in [1.82, 2.24) is 4.31 Å². The highest BCUT2D eigenvalue weighted by Crippen LogP contribution is 2.27. The summed E-state index contributed by atoms with van der Waals surface area (Å²) < 4.78 is 26.1. The van der Waals surface area contributed by atoms with Gasteiger partial charge in [-0.3, -0.25) is 0 Å². The predicted molar refractivity (Wildman–Crippen MR) is 76.8 cm³/mol. The molecule has 0 aliphatic carbocycles. The Morgan fingerprint density at radius 2 is 2.06 bits per heavy atom. The number of thiophene rings is 2. The normalized spacial score (nSPS) is 12.2. The summed E-state index contributed by atoms with van der Waals surface area (Å²) in [5.41, 5.74) is 0. The Morgan fingerprint density at radius 1 is 1.28 bits per heavy atom. The van der Waals surface area contributed by atoms with Gasteiger partial charge in [0, 0.05) is 23.3 Å². The monoisotopic (exact) mass is 321 g/mol. The van der Waals surface area contributed by atoms with Gasteiger partial charge in [-0.1, -0.05) is 6.07 Å². The summed E-state index contributed by atoms with van der Waals surface area (Å²) in [6, 6.07) is 5.45. The van der Waals surface area contributed by atoms with Crippen molar-refractivity contribution in [3.05, 3.63) is 38.7 Å². The number of alkyl halides is 1. The minimum absolute atomic E-state index is 0.221. The van der Waals surface area contributed by atoms with Crippen LogP contribution in [0.3, 0.4) is 0 Å². The van der Waals surface area contributed by atoms with Crippen molar-refractivity contribution >= 4 is 44.3 Å². The topological polar surface area (TPSA) is 37.4 Å². The molecule has 0 unspecified atom stereocenters. The van der Waals surface area contributed by atoms with Gasteiger partial charge in [-0.2, -0.15) is 4.31 Å². The van der Waals surface area contributed by atoms with Crippen LogP contribution in [0.5, 0.6) is 0 Å². The van der Waals surface area contributed by atoms with Crippen LogP contribution in [0.1, 0.15) is 9.75 Å². The molecule has 0 N–H and O–H groups in total. The fourth-order valence-electron chi connectivity index (χ4n) is 1.53. The fourth-order valence-corrected chi connectivity index (χ4v) is 5.19. The quantitative estimate of drug-likeness (QED) is 0.792. The van der Waals surface area contributed by atoms with Crippen LogP contribution in [0.4, 0.5) is 0 Å². The van der Waals surface area contributed by atoms with E-state index in [0.717, 1.165) is 4.88 Å². The summed E-state index contributed by atoms with van der Waals surface area (Å²) in [4.78, 5) is 2.03. The van der Waals surface area contributed by atoms with Crippen molar-refractivity contribution < 1.29 is 8.42 Å². The van der Waals surface area contributed by atoms with Crippen LogP contribution < -0.4 is 0 Å². The number of rotatable bonds is 5. The van der Waals surface area contributed by atoms with E-state index >= 15 is 0 Å². The van der Waals surface area contributed by atoms with Crippen LogP contribution in [0.15, 0.2) is 33.9 Å². The zero-order chi connectivity index (χ0) is 13.2. The summed E-state index contributed by atoms with van der Waals surface area (Å²) in [6.45, 7) is 0.386. The third-order valence-electron chi connectivity index (χ3n) is 2.47. The lowest BCUT2D eigenvalue weighted by molar-refractivity contribution is 0.469. The van der Waals surface area contributed by atoms with Crippen LogP contribution in [0, 0.1) is 0 Å². The van der Waals surface area contributed by atoms with E-state index in [2.05, 4.69) is 0 Å². The highest BCUT2D eigenvalue weighted by atomic mass is 35.5. The zero-order valence-electron chi connectivity index (χ0n) is 9.67. The largest absolute Gasteiger partial charge is 0.244 e. The van der Waals surface area contributed by atoms with Gasteiger partial charge in [0.1, 0.15) is 0 Å². The first-order valence-corrected chi connectivity index (χ1v) is 8.90. The standard InChI is InChI=1S/C11H12ClNO2S3/c1-13(8-9-3-2-5-16-9)18(14,15)11-4-6-17-10(11)7-12/h2-6H,7-8H2,1H3. The Hall–Kier alpha value is -0.400. The van der Waals surface area contributed by atoms with Gasteiger partial charge < -0.3 is 0 Å². The van der Waals surface area contributed by atoms with E-state index in [-0.39, 0.29) is 5.88 Å². The summed E-state index contributed by atoms with van der Waals surface area (Å²) >= 11 is 8.67. The molecule has 0 radical (unpaired) electrons. The Balaban J connectivity index is 2.26.